The van der Waals surface area contributed by atoms with Crippen molar-refractivity contribution in [1.82, 2.24) is 20.1 Å². The molecule has 1 N–H and O–H groups in total. The van der Waals surface area contributed by atoms with E-state index >= 15 is 0 Å². The molecule has 8 nitrogen and oxygen atoms in total. The normalized spacial score (nSPS) is 21.3. The topological polar surface area (TPSA) is 79.3 Å². The molecule has 1 amide bonds. The van der Waals surface area contributed by atoms with Crippen LogP contribution in [-0.2, 0) is 11.3 Å². The van der Waals surface area contributed by atoms with Crippen molar-refractivity contribution < 1.29 is 14.3 Å². The van der Waals surface area contributed by atoms with Gasteiger partial charge in [0.2, 0.25) is 5.88 Å². The van der Waals surface area contributed by atoms with Crippen molar-refractivity contribution in [1.29, 1.82) is 0 Å². The Morgan fingerprint density at radius 3 is 2.68 bits per heavy atom. The van der Waals surface area contributed by atoms with Crippen LogP contribution in [0.2, 0.25) is 0 Å². The van der Waals surface area contributed by atoms with Crippen molar-refractivity contribution in [2.75, 3.05) is 26.2 Å². The van der Waals surface area contributed by atoms with E-state index in [0.29, 0.717) is 38.2 Å². The van der Waals surface area contributed by atoms with E-state index in [2.05, 4.69) is 26.3 Å². The summed E-state index contributed by atoms with van der Waals surface area (Å²) in [5, 5.41) is 3.43. The molecule has 9 heteroatoms. The number of nitrogens with zero attached hydrogens (tertiary/aromatic N) is 4. The van der Waals surface area contributed by atoms with Crippen LogP contribution in [-0.4, -0.2) is 70.8 Å². The number of pyridine rings is 1. The molecule has 0 radical (unpaired) electrons. The molecule has 172 valence electrons. The number of hydrogen-bond donors (Lipinski definition) is 1. The summed E-state index contributed by atoms with van der Waals surface area (Å²) in [7, 11) is 0. The molecule has 3 heterocycles. The molecular formula is C22H34IN5O3. The zero-order chi connectivity index (χ0) is 21.1. The number of aliphatic imine (C=N–C) groups is 1. The zero-order valence-corrected chi connectivity index (χ0v) is 21.0. The highest BCUT2D eigenvalue weighted by Gasteiger charge is 2.36. The Morgan fingerprint density at radius 1 is 1.23 bits per heavy atom. The average molecular weight is 543 g/mol. The average Bonchev–Trinajstić information content (AvgIpc) is 3.35. The first-order valence-corrected chi connectivity index (χ1v) is 11.0. The van der Waals surface area contributed by atoms with Gasteiger partial charge in [0.1, 0.15) is 11.7 Å². The van der Waals surface area contributed by atoms with Crippen molar-refractivity contribution in [3.05, 3.63) is 23.9 Å². The number of carbonyl (C=O) groups excluding carboxylic acids is 1. The van der Waals surface area contributed by atoms with Gasteiger partial charge >= 0.3 is 6.09 Å². The summed E-state index contributed by atoms with van der Waals surface area (Å²) in [6.45, 7) is 9.06. The number of fused-ring (bicyclic) bond motifs is 1. The molecule has 0 bridgehead atoms. The number of nitrogens with one attached hydrogen (secondary N) is 1. The molecule has 1 aliphatic carbocycles. The van der Waals surface area contributed by atoms with Gasteiger partial charge < -0.3 is 24.6 Å². The van der Waals surface area contributed by atoms with Gasteiger partial charge in [-0.3, -0.25) is 4.99 Å². The van der Waals surface area contributed by atoms with Crippen molar-refractivity contribution in [3.63, 3.8) is 0 Å². The number of piperazine rings is 1. The van der Waals surface area contributed by atoms with E-state index in [0.717, 1.165) is 30.9 Å². The van der Waals surface area contributed by atoms with Crippen LogP contribution in [0.25, 0.3) is 0 Å². The standard InChI is InChI=1S/C22H33N5O3.HI/c1-22(2,3)30-21(28)26-10-11-27-17(15-26)14-25-20(27)24-13-16-8-9-19(23-12-16)29-18-6-4-5-7-18;/h8-9,12,17-18H,4-7,10-11,13-15H2,1-3H3,(H,24,25);1H. The molecule has 1 aromatic rings. The number of ether oxygens (including phenoxy) is 2. The monoisotopic (exact) mass is 543 g/mol. The highest BCUT2D eigenvalue weighted by molar-refractivity contribution is 14.0. The van der Waals surface area contributed by atoms with Crippen molar-refractivity contribution in [2.45, 2.75) is 70.7 Å². The molecule has 1 saturated carbocycles. The maximum absolute atomic E-state index is 12.3. The van der Waals surface area contributed by atoms with Gasteiger partial charge in [-0.25, -0.2) is 9.78 Å². The zero-order valence-electron chi connectivity index (χ0n) is 18.7. The highest BCUT2D eigenvalue weighted by atomic mass is 127. The second-order valence-corrected chi connectivity index (χ2v) is 9.32. The van der Waals surface area contributed by atoms with Crippen LogP contribution in [0, 0.1) is 0 Å². The number of amides is 1. The van der Waals surface area contributed by atoms with Crippen molar-refractivity contribution in [3.8, 4) is 5.88 Å². The summed E-state index contributed by atoms with van der Waals surface area (Å²) in [6, 6.07) is 4.21. The minimum atomic E-state index is -0.473. The second-order valence-electron chi connectivity index (χ2n) is 9.32. The quantitative estimate of drug-likeness (QED) is 0.587. The Morgan fingerprint density at radius 2 is 2.00 bits per heavy atom. The third kappa shape index (κ3) is 6.36. The number of halogens is 1. The minimum absolute atomic E-state index is 0. The first-order chi connectivity index (χ1) is 14.4. The Hall–Kier alpha value is -1.78. The molecule has 3 aliphatic rings. The third-order valence-electron chi connectivity index (χ3n) is 5.70. The van der Waals surface area contributed by atoms with Gasteiger partial charge in [0.05, 0.1) is 12.6 Å². The van der Waals surface area contributed by atoms with Gasteiger partial charge in [-0.05, 0) is 52.0 Å². The fraction of sp³-hybridized carbons (Fsp3) is 0.682. The van der Waals surface area contributed by atoms with Crippen LogP contribution < -0.4 is 10.1 Å². The lowest BCUT2D eigenvalue weighted by Crippen LogP contribution is -2.57. The minimum Gasteiger partial charge on any atom is -0.474 e. The molecule has 1 aromatic heterocycles. The second kappa shape index (κ2) is 10.2. The summed E-state index contributed by atoms with van der Waals surface area (Å²) >= 11 is 0. The summed E-state index contributed by atoms with van der Waals surface area (Å²) in [5.41, 5.74) is 0.617. The Kier molecular flexibility index (Phi) is 7.87. The molecule has 4 rings (SSSR count). The summed E-state index contributed by atoms with van der Waals surface area (Å²) in [5.74, 6) is 1.61. The van der Waals surface area contributed by atoms with Gasteiger partial charge in [-0.1, -0.05) is 6.07 Å². The molecule has 1 saturated heterocycles. The van der Waals surface area contributed by atoms with E-state index in [1.165, 1.54) is 12.8 Å². The lowest BCUT2D eigenvalue weighted by atomic mass is 10.2. The summed E-state index contributed by atoms with van der Waals surface area (Å²) < 4.78 is 11.4. The maximum Gasteiger partial charge on any atom is 0.410 e. The number of aromatic nitrogens is 1. The number of hydrogen-bond acceptors (Lipinski definition) is 7. The summed E-state index contributed by atoms with van der Waals surface area (Å²) in [4.78, 5) is 25.5. The number of carbonyl (C=O) groups is 1. The van der Waals surface area contributed by atoms with Crippen LogP contribution in [0.15, 0.2) is 23.3 Å². The molecule has 1 unspecified atom stereocenters. The molecule has 31 heavy (non-hydrogen) atoms. The predicted molar refractivity (Wildman–Crippen MR) is 130 cm³/mol. The van der Waals surface area contributed by atoms with Gasteiger partial charge in [-0.15, -0.1) is 24.0 Å². The molecular weight excluding hydrogens is 509 g/mol. The van der Waals surface area contributed by atoms with E-state index in [-0.39, 0.29) is 36.1 Å². The van der Waals surface area contributed by atoms with Crippen LogP contribution >= 0.6 is 24.0 Å². The van der Waals surface area contributed by atoms with E-state index < -0.39 is 5.60 Å². The van der Waals surface area contributed by atoms with E-state index in [1.54, 1.807) is 4.90 Å². The SMILES string of the molecule is CC(C)(C)OC(=O)N1CCN2C(NCc3ccc(OC4CCCC4)nc3)=NCC2C1.I. The Balaban J connectivity index is 0.00000272. The third-order valence-corrected chi connectivity index (χ3v) is 5.70. The smallest absolute Gasteiger partial charge is 0.410 e. The lowest BCUT2D eigenvalue weighted by Gasteiger charge is -2.39. The largest absolute Gasteiger partial charge is 0.474 e. The highest BCUT2D eigenvalue weighted by Crippen LogP contribution is 2.23. The van der Waals surface area contributed by atoms with Gasteiger partial charge in [0.15, 0.2) is 5.96 Å². The fourth-order valence-corrected chi connectivity index (χ4v) is 4.17. The summed E-state index contributed by atoms with van der Waals surface area (Å²) in [6.07, 6.45) is 6.72. The van der Waals surface area contributed by atoms with Gasteiger partial charge in [0, 0.05) is 38.4 Å². The van der Waals surface area contributed by atoms with Gasteiger partial charge in [-0.2, -0.15) is 0 Å². The maximum atomic E-state index is 12.3. The number of rotatable bonds is 4. The molecule has 2 aliphatic heterocycles. The lowest BCUT2D eigenvalue weighted by molar-refractivity contribution is 0.0137. The van der Waals surface area contributed by atoms with E-state index in [9.17, 15) is 4.79 Å². The van der Waals surface area contributed by atoms with E-state index in [4.69, 9.17) is 9.47 Å². The molecule has 0 spiro atoms. The van der Waals surface area contributed by atoms with Crippen LogP contribution in [0.1, 0.15) is 52.0 Å². The fourth-order valence-electron chi connectivity index (χ4n) is 4.17. The van der Waals surface area contributed by atoms with E-state index in [1.807, 2.05) is 33.0 Å². The number of guanidine groups is 1. The van der Waals surface area contributed by atoms with Gasteiger partial charge in [0.25, 0.3) is 0 Å². The molecule has 0 aromatic carbocycles. The Bertz CT molecular complexity index is 774. The van der Waals surface area contributed by atoms with Crippen LogP contribution in [0.3, 0.4) is 0 Å². The van der Waals surface area contributed by atoms with Crippen LogP contribution in [0.4, 0.5) is 4.79 Å². The van der Waals surface area contributed by atoms with Crippen molar-refractivity contribution in [2.24, 2.45) is 4.99 Å². The molecule has 1 atom stereocenters. The first kappa shape index (κ1) is 23.9. The van der Waals surface area contributed by atoms with Crippen molar-refractivity contribution >= 4 is 36.0 Å². The Labute approximate surface area is 201 Å². The first-order valence-electron chi connectivity index (χ1n) is 11.0. The van der Waals surface area contributed by atoms with Crippen LogP contribution in [0.5, 0.6) is 5.88 Å². The molecule has 2 fully saturated rings. The predicted octanol–water partition coefficient (Wildman–Crippen LogP) is 3.40.